The van der Waals surface area contributed by atoms with Crippen molar-refractivity contribution >= 4 is 28.3 Å². The maximum absolute atomic E-state index is 12.9. The minimum atomic E-state index is -0.248. The minimum absolute atomic E-state index is 0.100. The van der Waals surface area contributed by atoms with Crippen molar-refractivity contribution in [3.8, 4) is 11.4 Å². The van der Waals surface area contributed by atoms with E-state index in [2.05, 4.69) is 40.7 Å². The second kappa shape index (κ2) is 8.63. The van der Waals surface area contributed by atoms with Gasteiger partial charge < -0.3 is 5.32 Å². The van der Waals surface area contributed by atoms with E-state index >= 15 is 0 Å². The Balaban J connectivity index is 1.26. The summed E-state index contributed by atoms with van der Waals surface area (Å²) >= 11 is 5.99. The number of amides is 1. The molecule has 1 aliphatic rings. The number of carbonyl (C=O) groups excluding carboxylic acids is 1. The molecule has 3 aromatic carbocycles. The summed E-state index contributed by atoms with van der Waals surface area (Å²) in [5.41, 5.74) is 1.72. The van der Waals surface area contributed by atoms with Crippen LogP contribution >= 0.6 is 11.6 Å². The molecule has 0 spiro atoms. The van der Waals surface area contributed by atoms with Gasteiger partial charge in [0.1, 0.15) is 6.54 Å². The lowest BCUT2D eigenvalue weighted by atomic mass is 10.1. The molecule has 5 rings (SSSR count). The van der Waals surface area contributed by atoms with Crippen LogP contribution in [-0.4, -0.2) is 26.8 Å². The minimum Gasteiger partial charge on any atom is -0.354 e. The van der Waals surface area contributed by atoms with Crippen molar-refractivity contribution in [2.75, 3.05) is 6.54 Å². The van der Waals surface area contributed by atoms with Gasteiger partial charge in [-0.05, 0) is 59.9 Å². The number of hydrogen-bond acceptors (Lipinski definition) is 3. The van der Waals surface area contributed by atoms with Gasteiger partial charge in [0.15, 0.2) is 5.82 Å². The lowest BCUT2D eigenvalue weighted by Crippen LogP contribution is -2.34. The number of fused-ring (bicyclic) bond motifs is 1. The monoisotopic (exact) mass is 446 g/mol. The first-order valence-corrected chi connectivity index (χ1v) is 11.2. The maximum Gasteiger partial charge on any atom is 0.346 e. The van der Waals surface area contributed by atoms with Crippen molar-refractivity contribution in [1.82, 2.24) is 19.7 Å². The van der Waals surface area contributed by atoms with Crippen molar-refractivity contribution in [3.63, 3.8) is 0 Å². The lowest BCUT2D eigenvalue weighted by molar-refractivity contribution is -0.121. The number of nitrogens with zero attached hydrogens (tertiary/aromatic N) is 3. The smallest absolute Gasteiger partial charge is 0.346 e. The highest BCUT2D eigenvalue weighted by atomic mass is 35.5. The molecule has 0 bridgehead atoms. The van der Waals surface area contributed by atoms with Crippen LogP contribution in [0.2, 0.25) is 5.02 Å². The van der Waals surface area contributed by atoms with Crippen LogP contribution in [-0.2, 0) is 17.8 Å². The number of aromatic nitrogens is 3. The van der Waals surface area contributed by atoms with Crippen LogP contribution < -0.4 is 11.0 Å². The Morgan fingerprint density at radius 3 is 2.53 bits per heavy atom. The molecule has 0 saturated heterocycles. The van der Waals surface area contributed by atoms with Gasteiger partial charge >= 0.3 is 5.69 Å². The first-order valence-electron chi connectivity index (χ1n) is 10.8. The molecule has 6 nitrogen and oxygen atoms in total. The Hall–Kier alpha value is -3.38. The molecular weight excluding hydrogens is 424 g/mol. The van der Waals surface area contributed by atoms with Gasteiger partial charge in [-0.1, -0.05) is 54.1 Å². The third kappa shape index (κ3) is 4.32. The van der Waals surface area contributed by atoms with Crippen LogP contribution in [0.1, 0.15) is 24.4 Å². The van der Waals surface area contributed by atoms with Gasteiger partial charge in [0.05, 0.1) is 0 Å². The third-order valence-corrected chi connectivity index (χ3v) is 5.98. The molecule has 7 heteroatoms. The van der Waals surface area contributed by atoms with Gasteiger partial charge in [0.25, 0.3) is 0 Å². The predicted molar refractivity (Wildman–Crippen MR) is 126 cm³/mol. The Labute approximate surface area is 190 Å². The van der Waals surface area contributed by atoms with Gasteiger partial charge in [-0.15, -0.1) is 5.10 Å². The Morgan fingerprint density at radius 2 is 1.78 bits per heavy atom. The van der Waals surface area contributed by atoms with Crippen molar-refractivity contribution in [2.45, 2.75) is 31.8 Å². The van der Waals surface area contributed by atoms with Crippen LogP contribution in [0, 0.1) is 0 Å². The molecule has 162 valence electrons. The Kier molecular flexibility index (Phi) is 5.53. The summed E-state index contributed by atoms with van der Waals surface area (Å²) in [5, 5.41) is 10.4. The molecule has 32 heavy (non-hydrogen) atoms. The van der Waals surface area contributed by atoms with Crippen molar-refractivity contribution < 1.29 is 4.79 Å². The first kappa shape index (κ1) is 20.5. The van der Waals surface area contributed by atoms with E-state index in [0.29, 0.717) is 17.4 Å². The fraction of sp³-hybridized carbons (Fsp3) is 0.240. The fourth-order valence-electron chi connectivity index (χ4n) is 3.91. The Morgan fingerprint density at radius 1 is 1.03 bits per heavy atom. The van der Waals surface area contributed by atoms with Gasteiger partial charge in [0, 0.05) is 23.2 Å². The SMILES string of the molecule is O=C(Cn1nc(-c2ccc(Cl)cc2)n(C2CC2)c1=O)NCCc1ccc2ccccc2c1. The molecule has 1 saturated carbocycles. The second-order valence-corrected chi connectivity index (χ2v) is 8.59. The highest BCUT2D eigenvalue weighted by molar-refractivity contribution is 6.30. The molecule has 0 unspecified atom stereocenters. The number of halogens is 1. The van der Waals surface area contributed by atoms with E-state index in [1.165, 1.54) is 15.5 Å². The summed E-state index contributed by atoms with van der Waals surface area (Å²) in [5.74, 6) is 0.356. The summed E-state index contributed by atoms with van der Waals surface area (Å²) in [7, 11) is 0. The second-order valence-electron chi connectivity index (χ2n) is 8.15. The van der Waals surface area contributed by atoms with Gasteiger partial charge in [-0.25, -0.2) is 9.48 Å². The molecule has 1 N–H and O–H groups in total. The van der Waals surface area contributed by atoms with E-state index in [4.69, 9.17) is 11.6 Å². The van der Waals surface area contributed by atoms with Crippen LogP contribution in [0.5, 0.6) is 0 Å². The van der Waals surface area contributed by atoms with Crippen LogP contribution in [0.3, 0.4) is 0 Å². The van der Waals surface area contributed by atoms with E-state index in [9.17, 15) is 9.59 Å². The van der Waals surface area contributed by atoms with Crippen molar-refractivity contribution in [3.05, 3.63) is 87.8 Å². The molecular formula is C25H23ClN4O2. The van der Waals surface area contributed by atoms with Crippen LogP contribution in [0.15, 0.2) is 71.5 Å². The largest absolute Gasteiger partial charge is 0.354 e. The molecule has 4 aromatic rings. The lowest BCUT2D eigenvalue weighted by Gasteiger charge is -2.06. The molecule has 1 aliphatic carbocycles. The van der Waals surface area contributed by atoms with Crippen LogP contribution in [0.4, 0.5) is 0 Å². The fourth-order valence-corrected chi connectivity index (χ4v) is 4.04. The summed E-state index contributed by atoms with van der Waals surface area (Å²) in [6.45, 7) is 0.399. The molecule has 0 radical (unpaired) electrons. The molecule has 0 aliphatic heterocycles. The zero-order chi connectivity index (χ0) is 22.1. The normalized spacial score (nSPS) is 13.4. The summed E-state index contributed by atoms with van der Waals surface area (Å²) in [4.78, 5) is 25.4. The highest BCUT2D eigenvalue weighted by Gasteiger charge is 2.30. The summed E-state index contributed by atoms with van der Waals surface area (Å²) in [6.07, 6.45) is 2.62. The van der Waals surface area contributed by atoms with Gasteiger partial charge in [0.2, 0.25) is 5.91 Å². The summed E-state index contributed by atoms with van der Waals surface area (Å²) < 4.78 is 2.96. The average molecular weight is 447 g/mol. The van der Waals surface area contributed by atoms with Crippen molar-refractivity contribution in [1.29, 1.82) is 0 Å². The molecule has 1 fully saturated rings. The Bertz CT molecular complexity index is 1340. The quantitative estimate of drug-likeness (QED) is 0.462. The molecule has 1 aromatic heterocycles. The van der Waals surface area contributed by atoms with E-state index in [1.807, 2.05) is 24.3 Å². The first-order chi connectivity index (χ1) is 15.6. The topological polar surface area (TPSA) is 68.9 Å². The average Bonchev–Trinajstić information content (AvgIpc) is 3.58. The number of hydrogen-bond donors (Lipinski definition) is 1. The highest BCUT2D eigenvalue weighted by Crippen LogP contribution is 2.36. The van der Waals surface area contributed by atoms with Crippen LogP contribution in [0.25, 0.3) is 22.2 Å². The number of nitrogens with one attached hydrogen (secondary N) is 1. The standard InChI is InChI=1S/C25H23ClN4O2/c26-21-9-7-19(8-10-21)24-28-29(25(32)30(24)22-11-12-22)16-23(31)27-14-13-17-5-6-18-3-1-2-4-20(18)15-17/h1-10,15,22H,11-14,16H2,(H,27,31). The number of rotatable bonds is 7. The zero-order valence-corrected chi connectivity index (χ0v) is 18.3. The third-order valence-electron chi connectivity index (χ3n) is 5.73. The van der Waals surface area contributed by atoms with Gasteiger partial charge in [-0.3, -0.25) is 9.36 Å². The van der Waals surface area contributed by atoms with Gasteiger partial charge in [-0.2, -0.15) is 0 Å². The molecule has 1 heterocycles. The number of benzene rings is 3. The zero-order valence-electron chi connectivity index (χ0n) is 17.5. The van der Waals surface area contributed by atoms with E-state index in [1.54, 1.807) is 16.7 Å². The predicted octanol–water partition coefficient (Wildman–Crippen LogP) is 4.21. The molecule has 1 amide bonds. The molecule has 0 atom stereocenters. The van der Waals surface area contributed by atoms with Crippen molar-refractivity contribution in [2.24, 2.45) is 0 Å². The van der Waals surface area contributed by atoms with E-state index in [0.717, 1.165) is 30.4 Å². The summed E-state index contributed by atoms with van der Waals surface area (Å²) in [6, 6.07) is 21.9. The van der Waals surface area contributed by atoms with E-state index in [-0.39, 0.29) is 24.2 Å². The maximum atomic E-state index is 12.9. The number of carbonyl (C=O) groups is 1. The van der Waals surface area contributed by atoms with E-state index < -0.39 is 0 Å².